The molecular weight excluding hydrogens is 283 g/mol. The number of aryl methyl sites for hydroxylation is 1. The van der Waals surface area contributed by atoms with Gasteiger partial charge < -0.3 is 0 Å². The fraction of sp³-hybridized carbons (Fsp3) is 0.118. The van der Waals surface area contributed by atoms with E-state index in [1.165, 1.54) is 35.2 Å². The molecule has 0 aliphatic carbocycles. The Balaban J connectivity index is 1.97. The molecule has 0 amide bonds. The van der Waals surface area contributed by atoms with Gasteiger partial charge in [-0.05, 0) is 42.8 Å². The number of hydrogen-bond donors (Lipinski definition) is 0. The molecule has 5 heteroatoms. The fourth-order valence-corrected chi connectivity index (χ4v) is 2.33. The SMILES string of the molecule is Cc1cccc2c(=O)n(CC(=O)c3ccc(F)cc3)cnc12. The molecule has 0 atom stereocenters. The quantitative estimate of drug-likeness (QED) is 0.698. The van der Waals surface area contributed by atoms with Gasteiger partial charge in [-0.2, -0.15) is 0 Å². The molecule has 0 spiro atoms. The summed E-state index contributed by atoms with van der Waals surface area (Å²) < 4.78 is 14.1. The highest BCUT2D eigenvalue weighted by molar-refractivity contribution is 5.96. The first-order chi connectivity index (χ1) is 10.6. The Morgan fingerprint density at radius 2 is 1.91 bits per heavy atom. The molecule has 4 nitrogen and oxygen atoms in total. The van der Waals surface area contributed by atoms with E-state index in [4.69, 9.17) is 0 Å². The number of nitrogens with zero attached hydrogens (tertiary/aromatic N) is 2. The molecule has 0 unspecified atom stereocenters. The largest absolute Gasteiger partial charge is 0.292 e. The lowest BCUT2D eigenvalue weighted by Gasteiger charge is -2.07. The van der Waals surface area contributed by atoms with Gasteiger partial charge in [0.2, 0.25) is 0 Å². The van der Waals surface area contributed by atoms with Gasteiger partial charge in [0.25, 0.3) is 5.56 Å². The highest BCUT2D eigenvalue weighted by Gasteiger charge is 2.11. The van der Waals surface area contributed by atoms with Crippen LogP contribution < -0.4 is 5.56 Å². The van der Waals surface area contributed by atoms with Gasteiger partial charge in [-0.25, -0.2) is 9.37 Å². The van der Waals surface area contributed by atoms with Crippen molar-refractivity contribution in [2.45, 2.75) is 13.5 Å². The van der Waals surface area contributed by atoms with Gasteiger partial charge in [-0.1, -0.05) is 12.1 Å². The number of benzene rings is 2. The lowest BCUT2D eigenvalue weighted by molar-refractivity contribution is 0.0970. The van der Waals surface area contributed by atoms with E-state index >= 15 is 0 Å². The summed E-state index contributed by atoms with van der Waals surface area (Å²) in [4.78, 5) is 28.8. The molecule has 22 heavy (non-hydrogen) atoms. The van der Waals surface area contributed by atoms with Crippen molar-refractivity contribution in [1.82, 2.24) is 9.55 Å². The first-order valence-electron chi connectivity index (χ1n) is 6.80. The van der Waals surface area contributed by atoms with Crippen molar-refractivity contribution in [2.24, 2.45) is 0 Å². The van der Waals surface area contributed by atoms with Crippen LogP contribution in [0.2, 0.25) is 0 Å². The highest BCUT2D eigenvalue weighted by Crippen LogP contribution is 2.11. The van der Waals surface area contributed by atoms with Crippen LogP contribution >= 0.6 is 0 Å². The third-order valence-corrected chi connectivity index (χ3v) is 3.54. The molecule has 0 aliphatic heterocycles. The minimum atomic E-state index is -0.406. The Kier molecular flexibility index (Phi) is 3.55. The Hall–Kier alpha value is -2.82. The minimum Gasteiger partial charge on any atom is -0.292 e. The third-order valence-electron chi connectivity index (χ3n) is 3.54. The predicted octanol–water partition coefficient (Wildman–Crippen LogP) is 2.73. The number of halogens is 1. The van der Waals surface area contributed by atoms with Crippen LogP contribution in [0, 0.1) is 12.7 Å². The number of ketones is 1. The lowest BCUT2D eigenvalue weighted by atomic mass is 10.1. The molecule has 0 fully saturated rings. The van der Waals surface area contributed by atoms with Gasteiger partial charge in [0.05, 0.1) is 23.8 Å². The topological polar surface area (TPSA) is 52.0 Å². The summed E-state index contributed by atoms with van der Waals surface area (Å²) in [6.45, 7) is 1.75. The zero-order valence-electron chi connectivity index (χ0n) is 11.9. The third kappa shape index (κ3) is 2.53. The fourth-order valence-electron chi connectivity index (χ4n) is 2.33. The van der Waals surface area contributed by atoms with Gasteiger partial charge in [-0.3, -0.25) is 14.2 Å². The number of carbonyl (C=O) groups is 1. The Morgan fingerprint density at radius 3 is 2.64 bits per heavy atom. The number of para-hydroxylation sites is 1. The standard InChI is InChI=1S/C17H13FN2O2/c1-11-3-2-4-14-16(11)19-10-20(17(14)22)9-15(21)12-5-7-13(18)8-6-12/h2-8,10H,9H2,1H3. The van der Waals surface area contributed by atoms with E-state index in [0.29, 0.717) is 16.5 Å². The van der Waals surface area contributed by atoms with Crippen LogP contribution in [0.15, 0.2) is 53.6 Å². The van der Waals surface area contributed by atoms with Crippen LogP contribution in [-0.2, 0) is 6.54 Å². The maximum absolute atomic E-state index is 12.9. The summed E-state index contributed by atoms with van der Waals surface area (Å²) in [5, 5.41) is 0.481. The molecule has 0 bridgehead atoms. The number of hydrogen-bond acceptors (Lipinski definition) is 3. The molecule has 1 aromatic heterocycles. The Bertz CT molecular complexity index is 914. The Labute approximate surface area is 125 Å². The van der Waals surface area contributed by atoms with Gasteiger partial charge in [0.15, 0.2) is 5.78 Å². The number of aromatic nitrogens is 2. The molecule has 110 valence electrons. The molecule has 2 aromatic carbocycles. The number of rotatable bonds is 3. The molecule has 0 radical (unpaired) electrons. The van der Waals surface area contributed by atoms with E-state index in [2.05, 4.69) is 4.98 Å². The van der Waals surface area contributed by atoms with Crippen molar-refractivity contribution in [2.75, 3.05) is 0 Å². The molecule has 0 N–H and O–H groups in total. The second-order valence-electron chi connectivity index (χ2n) is 5.08. The van der Waals surface area contributed by atoms with E-state index in [1.54, 1.807) is 12.1 Å². The predicted molar refractivity (Wildman–Crippen MR) is 81.5 cm³/mol. The van der Waals surface area contributed by atoms with Gasteiger partial charge in [0, 0.05) is 5.56 Å². The van der Waals surface area contributed by atoms with Gasteiger partial charge >= 0.3 is 0 Å². The van der Waals surface area contributed by atoms with Crippen LogP contribution in [0.3, 0.4) is 0 Å². The summed E-state index contributed by atoms with van der Waals surface area (Å²) in [5.41, 5.74) is 1.64. The van der Waals surface area contributed by atoms with Crippen LogP contribution in [0.25, 0.3) is 10.9 Å². The summed E-state index contributed by atoms with van der Waals surface area (Å²) in [5.74, 6) is -0.674. The van der Waals surface area contributed by atoms with E-state index in [-0.39, 0.29) is 17.9 Å². The smallest absolute Gasteiger partial charge is 0.261 e. The average Bonchev–Trinajstić information content (AvgIpc) is 2.51. The normalized spacial score (nSPS) is 10.8. The molecule has 1 heterocycles. The van der Waals surface area contributed by atoms with Crippen molar-refractivity contribution in [3.63, 3.8) is 0 Å². The number of Topliss-reactive ketones (excluding diaryl/α,β-unsaturated/α-hetero) is 1. The second kappa shape index (κ2) is 5.52. The molecule has 3 rings (SSSR count). The van der Waals surface area contributed by atoms with E-state index in [9.17, 15) is 14.0 Å². The lowest BCUT2D eigenvalue weighted by Crippen LogP contribution is -2.24. The van der Waals surface area contributed by atoms with E-state index in [1.807, 2.05) is 13.0 Å². The summed E-state index contributed by atoms with van der Waals surface area (Å²) >= 11 is 0. The summed E-state index contributed by atoms with van der Waals surface area (Å²) in [6, 6.07) is 10.6. The van der Waals surface area contributed by atoms with Crippen molar-refractivity contribution in [3.05, 3.63) is 76.1 Å². The van der Waals surface area contributed by atoms with Crippen molar-refractivity contribution in [1.29, 1.82) is 0 Å². The van der Waals surface area contributed by atoms with Crippen LogP contribution in [0.1, 0.15) is 15.9 Å². The maximum atomic E-state index is 12.9. The van der Waals surface area contributed by atoms with Crippen LogP contribution in [0.4, 0.5) is 4.39 Å². The van der Waals surface area contributed by atoms with Crippen LogP contribution in [-0.4, -0.2) is 15.3 Å². The number of carbonyl (C=O) groups excluding carboxylic acids is 1. The second-order valence-corrected chi connectivity index (χ2v) is 5.08. The first kappa shape index (κ1) is 14.1. The van der Waals surface area contributed by atoms with Crippen molar-refractivity contribution >= 4 is 16.7 Å². The maximum Gasteiger partial charge on any atom is 0.261 e. The first-order valence-corrected chi connectivity index (χ1v) is 6.80. The van der Waals surface area contributed by atoms with E-state index < -0.39 is 5.82 Å². The van der Waals surface area contributed by atoms with Crippen molar-refractivity contribution < 1.29 is 9.18 Å². The molecule has 0 aliphatic rings. The number of fused-ring (bicyclic) bond motifs is 1. The van der Waals surface area contributed by atoms with Crippen molar-refractivity contribution in [3.8, 4) is 0 Å². The van der Waals surface area contributed by atoms with E-state index in [0.717, 1.165) is 5.56 Å². The summed E-state index contributed by atoms with van der Waals surface area (Å²) in [7, 11) is 0. The molecule has 0 saturated heterocycles. The highest BCUT2D eigenvalue weighted by atomic mass is 19.1. The monoisotopic (exact) mass is 296 g/mol. The Morgan fingerprint density at radius 1 is 1.18 bits per heavy atom. The zero-order chi connectivity index (χ0) is 15.7. The van der Waals surface area contributed by atoms with Crippen LogP contribution in [0.5, 0.6) is 0 Å². The van der Waals surface area contributed by atoms with Gasteiger partial charge in [0.1, 0.15) is 5.82 Å². The minimum absolute atomic E-state index is 0.124. The zero-order valence-corrected chi connectivity index (χ0v) is 11.9. The molecule has 0 saturated carbocycles. The average molecular weight is 296 g/mol. The summed E-state index contributed by atoms with van der Waals surface area (Å²) in [6.07, 6.45) is 1.37. The van der Waals surface area contributed by atoms with Gasteiger partial charge in [-0.15, -0.1) is 0 Å². The molecule has 3 aromatic rings. The molecular formula is C17H13FN2O2.